The van der Waals surface area contributed by atoms with E-state index in [2.05, 4.69) is 41.5 Å². The molecule has 0 amide bonds. The zero-order chi connectivity index (χ0) is 36.3. The van der Waals surface area contributed by atoms with Crippen LogP contribution in [0.15, 0.2) is 0 Å². The van der Waals surface area contributed by atoms with Crippen LogP contribution in [0.1, 0.15) is 135 Å². The van der Waals surface area contributed by atoms with Crippen molar-refractivity contribution in [3.8, 4) is 0 Å². The van der Waals surface area contributed by atoms with E-state index < -0.39 is 62.8 Å². The van der Waals surface area contributed by atoms with E-state index in [1.807, 2.05) is 55.4 Å². The Balaban J connectivity index is 0.000000790. The number of hydrogen-bond acceptors (Lipinski definition) is 8. The molecule has 9 heteroatoms. The summed E-state index contributed by atoms with van der Waals surface area (Å²) in [6, 6.07) is 0. The normalized spacial score (nSPS) is 28.6. The first-order valence-electron chi connectivity index (χ1n) is 17.3. The number of rotatable bonds is 13. The predicted molar refractivity (Wildman–Crippen MR) is 188 cm³/mol. The fraction of sp³-hybridized carbons (Fsp3) is 0.973. The van der Waals surface area contributed by atoms with Crippen molar-refractivity contribution >= 4 is 16.8 Å². The lowest BCUT2D eigenvalue weighted by Gasteiger charge is -2.55. The van der Waals surface area contributed by atoms with Crippen molar-refractivity contribution in [1.82, 2.24) is 0 Å². The van der Waals surface area contributed by atoms with Crippen LogP contribution in [-0.2, 0) is 20.3 Å². The number of carbonyl (C=O) groups is 1. The zero-order valence-corrected chi connectivity index (χ0v) is 32.6. The molecule has 0 bridgehead atoms. The fourth-order valence-corrected chi connectivity index (χ4v) is 9.47. The number of hydrogen-bond donors (Lipinski definition) is 5. The van der Waals surface area contributed by atoms with E-state index in [0.717, 1.165) is 37.0 Å². The van der Waals surface area contributed by atoms with E-state index in [0.29, 0.717) is 6.42 Å². The monoisotopic (exact) mass is 676 g/mol. The summed E-state index contributed by atoms with van der Waals surface area (Å²) in [4.78, 5) is 13.4. The molecule has 0 aromatic carbocycles. The van der Waals surface area contributed by atoms with Crippen LogP contribution in [-0.4, -0.2) is 83.8 Å². The number of ether oxygens (including phenoxy) is 1. The van der Waals surface area contributed by atoms with E-state index in [1.54, 1.807) is 0 Å². The van der Waals surface area contributed by atoms with Crippen LogP contribution in [0.2, 0.25) is 0 Å². The summed E-state index contributed by atoms with van der Waals surface area (Å²) in [7, 11) is -1.56. The molecule has 8 nitrogen and oxygen atoms in total. The molecular formula is C37H72O8S. The van der Waals surface area contributed by atoms with Gasteiger partial charge in [-0.1, -0.05) is 76.2 Å². The second-order valence-corrected chi connectivity index (χ2v) is 20.7. The summed E-state index contributed by atoms with van der Waals surface area (Å²) in [5, 5.41) is 50.2. The molecule has 2 rings (SSSR count). The Labute approximate surface area is 283 Å². The maximum absolute atomic E-state index is 13.4. The highest BCUT2D eigenvalue weighted by atomic mass is 32.2. The van der Waals surface area contributed by atoms with Crippen molar-refractivity contribution in [3.63, 3.8) is 0 Å². The Morgan fingerprint density at radius 1 is 0.848 bits per heavy atom. The molecule has 7 unspecified atom stereocenters. The van der Waals surface area contributed by atoms with E-state index in [4.69, 9.17) is 9.84 Å². The molecule has 0 heterocycles. The SMILES string of the molecule is CC(C)(C)CC(C)(C)C(C)(O)C(C)(C)CC(C)(C(=O)OCC(O)CS(=O)CC(O)CO)C(C)(C)C.CC1CC2CC(C)(O)CC2C1. The van der Waals surface area contributed by atoms with Crippen LogP contribution in [0.4, 0.5) is 0 Å². The van der Waals surface area contributed by atoms with Gasteiger partial charge in [-0.25, -0.2) is 0 Å². The molecule has 46 heavy (non-hydrogen) atoms. The molecule has 7 atom stereocenters. The first-order chi connectivity index (χ1) is 20.4. The van der Waals surface area contributed by atoms with E-state index in [-0.39, 0.29) is 29.1 Å². The van der Waals surface area contributed by atoms with Gasteiger partial charge in [0.1, 0.15) is 6.61 Å². The molecule has 2 saturated carbocycles. The number of carbonyl (C=O) groups excluding carboxylic acids is 1. The van der Waals surface area contributed by atoms with Gasteiger partial charge in [-0.15, -0.1) is 0 Å². The largest absolute Gasteiger partial charge is 0.462 e. The minimum Gasteiger partial charge on any atom is -0.462 e. The molecule has 2 aliphatic carbocycles. The zero-order valence-electron chi connectivity index (χ0n) is 31.8. The Kier molecular flexibility index (Phi) is 14.7. The van der Waals surface area contributed by atoms with E-state index in [9.17, 15) is 29.4 Å². The first kappa shape index (κ1) is 43.4. The second-order valence-electron chi connectivity index (χ2n) is 19.2. The number of aliphatic hydroxyl groups is 5. The van der Waals surface area contributed by atoms with Crippen LogP contribution in [0.3, 0.4) is 0 Å². The van der Waals surface area contributed by atoms with Crippen molar-refractivity contribution in [1.29, 1.82) is 0 Å². The third kappa shape index (κ3) is 11.8. The van der Waals surface area contributed by atoms with Crippen LogP contribution >= 0.6 is 0 Å². The van der Waals surface area contributed by atoms with Gasteiger partial charge in [0.05, 0.1) is 46.9 Å². The van der Waals surface area contributed by atoms with Crippen LogP contribution < -0.4 is 0 Å². The van der Waals surface area contributed by atoms with Gasteiger partial charge in [0.15, 0.2) is 0 Å². The molecular weight excluding hydrogens is 604 g/mol. The van der Waals surface area contributed by atoms with Crippen molar-refractivity contribution in [2.45, 2.75) is 159 Å². The average molecular weight is 677 g/mol. The van der Waals surface area contributed by atoms with Gasteiger partial charge in [-0.05, 0) is 98.7 Å². The second kappa shape index (κ2) is 15.5. The van der Waals surface area contributed by atoms with Gasteiger partial charge in [0.25, 0.3) is 0 Å². The Morgan fingerprint density at radius 3 is 1.70 bits per heavy atom. The molecule has 2 fully saturated rings. The molecule has 5 N–H and O–H groups in total. The van der Waals surface area contributed by atoms with Gasteiger partial charge in [0.2, 0.25) is 0 Å². The number of esters is 1. The summed E-state index contributed by atoms with van der Waals surface area (Å²) >= 11 is 0. The van der Waals surface area contributed by atoms with Gasteiger partial charge >= 0.3 is 5.97 Å². The van der Waals surface area contributed by atoms with Crippen molar-refractivity contribution < 1.29 is 39.3 Å². The van der Waals surface area contributed by atoms with Crippen molar-refractivity contribution in [3.05, 3.63) is 0 Å². The number of fused-ring (bicyclic) bond motifs is 1. The lowest BCUT2D eigenvalue weighted by Crippen LogP contribution is -2.57. The Bertz CT molecular complexity index is 990. The molecule has 0 radical (unpaired) electrons. The molecule has 0 spiro atoms. The molecule has 0 aromatic rings. The third-order valence-corrected chi connectivity index (χ3v) is 12.9. The summed E-state index contributed by atoms with van der Waals surface area (Å²) in [5.41, 5.74) is -4.01. The third-order valence-electron chi connectivity index (χ3n) is 11.4. The minimum absolute atomic E-state index is 0.0132. The fourth-order valence-electron chi connectivity index (χ4n) is 8.27. The lowest BCUT2D eigenvalue weighted by molar-refractivity contribution is -0.186. The topological polar surface area (TPSA) is 145 Å². The highest BCUT2D eigenvalue weighted by Gasteiger charge is 2.57. The van der Waals surface area contributed by atoms with E-state index in [1.165, 1.54) is 12.8 Å². The minimum atomic E-state index is -1.56. The standard InChI is InChI=1S/C27H54O7S.C10H18O/c1-22(2,3)17-24(7,8)27(12,32)25(9,10)18-26(11,23(4,5)6)21(31)34-14-20(30)16-35(33)15-19(29)13-28;1-7-3-8-5-10(2,11)6-9(8)4-7/h19-20,28-30,32H,13-18H2,1-12H3;7-9,11H,3-6H2,1-2H3. The quantitative estimate of drug-likeness (QED) is 0.153. The molecule has 2 aliphatic rings. The highest BCUT2D eigenvalue weighted by Crippen LogP contribution is 2.56. The molecule has 0 aromatic heterocycles. The summed E-state index contributed by atoms with van der Waals surface area (Å²) in [6.45, 7) is 27.6. The smallest absolute Gasteiger partial charge is 0.312 e. The predicted octanol–water partition coefficient (Wildman–Crippen LogP) is 5.87. The number of aliphatic hydroxyl groups excluding tert-OH is 3. The maximum Gasteiger partial charge on any atom is 0.312 e. The summed E-state index contributed by atoms with van der Waals surface area (Å²) in [5.74, 6) is 1.80. The van der Waals surface area contributed by atoms with Crippen LogP contribution in [0, 0.1) is 44.8 Å². The van der Waals surface area contributed by atoms with Gasteiger partial charge in [0, 0.05) is 10.8 Å². The van der Waals surface area contributed by atoms with Gasteiger partial charge < -0.3 is 30.3 Å². The Morgan fingerprint density at radius 2 is 1.28 bits per heavy atom. The van der Waals surface area contributed by atoms with Gasteiger partial charge in [-0.2, -0.15) is 0 Å². The van der Waals surface area contributed by atoms with Crippen LogP contribution in [0.5, 0.6) is 0 Å². The Hall–Kier alpha value is -0.580. The van der Waals surface area contributed by atoms with Crippen LogP contribution in [0.25, 0.3) is 0 Å². The van der Waals surface area contributed by atoms with E-state index >= 15 is 0 Å². The van der Waals surface area contributed by atoms with Crippen molar-refractivity contribution in [2.75, 3.05) is 24.7 Å². The van der Waals surface area contributed by atoms with Crippen molar-refractivity contribution in [2.24, 2.45) is 44.8 Å². The molecule has 0 saturated heterocycles. The molecule has 0 aliphatic heterocycles. The summed E-state index contributed by atoms with van der Waals surface area (Å²) in [6.07, 6.45) is 3.71. The lowest BCUT2D eigenvalue weighted by atomic mass is 9.52. The molecule has 274 valence electrons. The average Bonchev–Trinajstić information content (AvgIpc) is 3.30. The highest BCUT2D eigenvalue weighted by molar-refractivity contribution is 7.85. The van der Waals surface area contributed by atoms with Gasteiger partial charge in [-0.3, -0.25) is 9.00 Å². The summed E-state index contributed by atoms with van der Waals surface area (Å²) < 4.78 is 17.6. The first-order valence-corrected chi connectivity index (χ1v) is 18.8. The maximum atomic E-state index is 13.4.